The number of carboxylic acids is 1. The van der Waals surface area contributed by atoms with E-state index >= 15 is 0 Å². The number of carboxylic acid groups (broad SMARTS) is 1. The lowest BCUT2D eigenvalue weighted by molar-refractivity contribution is -0.137. The second-order valence-corrected chi connectivity index (χ2v) is 4.52. The summed E-state index contributed by atoms with van der Waals surface area (Å²) < 4.78 is 0. The molecule has 0 saturated carbocycles. The molecule has 0 aromatic heterocycles. The molecule has 0 spiro atoms. The topological polar surface area (TPSA) is 40.5 Å². The number of carbonyl (C=O) groups is 1. The van der Waals surface area contributed by atoms with Crippen LogP contribution >= 0.6 is 11.6 Å². The lowest BCUT2D eigenvalue weighted by Gasteiger charge is -2.28. The molecule has 1 aliphatic rings. The third kappa shape index (κ3) is 2.74. The van der Waals surface area contributed by atoms with Crippen molar-refractivity contribution >= 4 is 17.6 Å². The zero-order chi connectivity index (χ0) is 11.5. The first-order valence-electron chi connectivity index (χ1n) is 5.36. The Labute approximate surface area is 99.6 Å². The predicted molar refractivity (Wildman–Crippen MR) is 62.7 cm³/mol. The molecule has 4 heteroatoms. The number of benzene rings is 1. The fraction of sp³-hybridized carbons (Fsp3) is 0.417. The number of rotatable bonds is 3. The van der Waals surface area contributed by atoms with Gasteiger partial charge in [0.05, 0.1) is 6.42 Å². The predicted octanol–water partition coefficient (Wildman–Crippen LogP) is 2.17. The molecule has 3 nitrogen and oxygen atoms in total. The fourth-order valence-corrected chi connectivity index (χ4v) is 2.22. The summed E-state index contributed by atoms with van der Waals surface area (Å²) in [4.78, 5) is 12.7. The molecule has 1 heterocycles. The van der Waals surface area contributed by atoms with Gasteiger partial charge in [0.1, 0.15) is 0 Å². The van der Waals surface area contributed by atoms with Crippen LogP contribution in [0.15, 0.2) is 18.2 Å². The largest absolute Gasteiger partial charge is 0.481 e. The number of aliphatic carboxylic acids is 1. The van der Waals surface area contributed by atoms with Gasteiger partial charge >= 0.3 is 5.97 Å². The van der Waals surface area contributed by atoms with Crippen LogP contribution in [-0.4, -0.2) is 29.1 Å². The highest BCUT2D eigenvalue weighted by atomic mass is 35.5. The van der Waals surface area contributed by atoms with Crippen LogP contribution in [0.2, 0.25) is 5.02 Å². The average Bonchev–Trinajstić information content (AvgIpc) is 2.25. The van der Waals surface area contributed by atoms with Crippen LogP contribution in [-0.2, 0) is 17.8 Å². The number of fused-ring (bicyclic) bond motifs is 1. The molecule has 0 aliphatic carbocycles. The maximum Gasteiger partial charge on any atom is 0.304 e. The summed E-state index contributed by atoms with van der Waals surface area (Å²) in [6.07, 6.45) is 1.18. The molecule has 1 aliphatic heterocycles. The summed E-state index contributed by atoms with van der Waals surface area (Å²) in [5, 5.41) is 9.38. The van der Waals surface area contributed by atoms with E-state index in [-0.39, 0.29) is 6.42 Å². The van der Waals surface area contributed by atoms with Crippen molar-refractivity contribution in [1.82, 2.24) is 4.90 Å². The first-order valence-corrected chi connectivity index (χ1v) is 5.74. The molecular formula is C12H14ClNO2. The van der Waals surface area contributed by atoms with Crippen molar-refractivity contribution < 1.29 is 9.90 Å². The molecule has 0 radical (unpaired) electrons. The third-order valence-electron chi connectivity index (χ3n) is 2.90. The number of hydrogen-bond donors (Lipinski definition) is 1. The van der Waals surface area contributed by atoms with Gasteiger partial charge in [-0.1, -0.05) is 17.7 Å². The lowest BCUT2D eigenvalue weighted by atomic mass is 10.00. The van der Waals surface area contributed by atoms with Gasteiger partial charge in [-0.25, -0.2) is 0 Å². The van der Waals surface area contributed by atoms with Crippen molar-refractivity contribution in [2.45, 2.75) is 19.4 Å². The van der Waals surface area contributed by atoms with Gasteiger partial charge in [0.25, 0.3) is 0 Å². The molecule has 86 valence electrons. The monoisotopic (exact) mass is 239 g/mol. The minimum absolute atomic E-state index is 0.204. The Morgan fingerprint density at radius 2 is 2.25 bits per heavy atom. The van der Waals surface area contributed by atoms with Crippen molar-refractivity contribution in [3.05, 3.63) is 34.3 Å². The van der Waals surface area contributed by atoms with Crippen molar-refractivity contribution in [3.8, 4) is 0 Å². The highest BCUT2D eigenvalue weighted by Crippen LogP contribution is 2.22. The second-order valence-electron chi connectivity index (χ2n) is 4.08. The van der Waals surface area contributed by atoms with Crippen LogP contribution in [0.4, 0.5) is 0 Å². The number of nitrogens with zero attached hydrogens (tertiary/aromatic N) is 1. The Morgan fingerprint density at radius 1 is 1.44 bits per heavy atom. The molecule has 1 N–H and O–H groups in total. The normalized spacial score (nSPS) is 15.8. The maximum absolute atomic E-state index is 10.5. The van der Waals surface area contributed by atoms with Crippen LogP contribution in [0.1, 0.15) is 17.5 Å². The summed E-state index contributed by atoms with van der Waals surface area (Å²) in [6.45, 7) is 2.35. The average molecular weight is 240 g/mol. The van der Waals surface area contributed by atoms with E-state index in [4.69, 9.17) is 16.7 Å². The summed E-state index contributed by atoms with van der Waals surface area (Å²) >= 11 is 5.94. The third-order valence-corrected chi connectivity index (χ3v) is 3.14. The highest BCUT2D eigenvalue weighted by Gasteiger charge is 2.16. The van der Waals surface area contributed by atoms with Crippen molar-refractivity contribution in [2.75, 3.05) is 13.1 Å². The molecular weight excluding hydrogens is 226 g/mol. The quantitative estimate of drug-likeness (QED) is 0.879. The Balaban J connectivity index is 2.02. The van der Waals surface area contributed by atoms with Crippen LogP contribution in [0.3, 0.4) is 0 Å². The lowest BCUT2D eigenvalue weighted by Crippen LogP contribution is -2.32. The Bertz CT molecular complexity index is 406. The Hall–Kier alpha value is -1.06. The van der Waals surface area contributed by atoms with Gasteiger partial charge in [-0.2, -0.15) is 0 Å². The molecule has 1 aromatic carbocycles. The van der Waals surface area contributed by atoms with Crippen LogP contribution in [0.5, 0.6) is 0 Å². The number of halogens is 1. The molecule has 0 bridgehead atoms. The van der Waals surface area contributed by atoms with E-state index in [9.17, 15) is 4.79 Å². The highest BCUT2D eigenvalue weighted by molar-refractivity contribution is 6.30. The van der Waals surface area contributed by atoms with E-state index in [1.165, 1.54) is 11.1 Å². The van der Waals surface area contributed by atoms with E-state index in [0.717, 1.165) is 24.5 Å². The summed E-state index contributed by atoms with van der Waals surface area (Å²) in [5.74, 6) is -0.739. The molecule has 0 saturated heterocycles. The minimum atomic E-state index is -0.739. The van der Waals surface area contributed by atoms with Gasteiger partial charge < -0.3 is 5.11 Å². The molecule has 0 amide bonds. The molecule has 1 aromatic rings. The van der Waals surface area contributed by atoms with E-state index in [1.54, 1.807) is 0 Å². The van der Waals surface area contributed by atoms with Gasteiger partial charge in [-0.05, 0) is 29.7 Å². The molecule has 0 atom stereocenters. The van der Waals surface area contributed by atoms with Crippen LogP contribution < -0.4 is 0 Å². The van der Waals surface area contributed by atoms with Gasteiger partial charge in [0.15, 0.2) is 0 Å². The van der Waals surface area contributed by atoms with Crippen LogP contribution in [0, 0.1) is 0 Å². The molecule has 0 unspecified atom stereocenters. The minimum Gasteiger partial charge on any atom is -0.481 e. The SMILES string of the molecule is O=C(O)CCN1CCc2ccc(Cl)cc2C1. The van der Waals surface area contributed by atoms with Crippen molar-refractivity contribution in [2.24, 2.45) is 0 Å². The fourth-order valence-electron chi connectivity index (χ4n) is 2.03. The Kier molecular flexibility index (Phi) is 3.46. The first-order chi connectivity index (χ1) is 7.65. The van der Waals surface area contributed by atoms with E-state index in [1.807, 2.05) is 12.1 Å². The first kappa shape index (κ1) is 11.4. The zero-order valence-corrected chi connectivity index (χ0v) is 9.70. The molecule has 0 fully saturated rings. The Morgan fingerprint density at radius 3 is 3.00 bits per heavy atom. The molecule has 2 rings (SSSR count). The summed E-state index contributed by atoms with van der Waals surface area (Å²) in [7, 11) is 0. The van der Waals surface area contributed by atoms with Crippen LogP contribution in [0.25, 0.3) is 0 Å². The van der Waals surface area contributed by atoms with E-state index < -0.39 is 5.97 Å². The summed E-state index contributed by atoms with van der Waals surface area (Å²) in [6, 6.07) is 5.95. The number of hydrogen-bond acceptors (Lipinski definition) is 2. The van der Waals surface area contributed by atoms with E-state index in [2.05, 4.69) is 11.0 Å². The van der Waals surface area contributed by atoms with Gasteiger partial charge in [-0.15, -0.1) is 0 Å². The van der Waals surface area contributed by atoms with Crippen molar-refractivity contribution in [1.29, 1.82) is 0 Å². The second kappa shape index (κ2) is 4.85. The molecule has 16 heavy (non-hydrogen) atoms. The van der Waals surface area contributed by atoms with E-state index in [0.29, 0.717) is 6.54 Å². The smallest absolute Gasteiger partial charge is 0.304 e. The van der Waals surface area contributed by atoms with Gasteiger partial charge in [0, 0.05) is 24.7 Å². The van der Waals surface area contributed by atoms with Gasteiger partial charge in [0.2, 0.25) is 0 Å². The maximum atomic E-state index is 10.5. The standard InChI is InChI=1S/C12H14ClNO2/c13-11-2-1-9-3-5-14(6-4-12(15)16)8-10(9)7-11/h1-2,7H,3-6,8H2,(H,15,16). The van der Waals surface area contributed by atoms with Crippen molar-refractivity contribution in [3.63, 3.8) is 0 Å². The zero-order valence-electron chi connectivity index (χ0n) is 8.95. The van der Waals surface area contributed by atoms with Gasteiger partial charge in [-0.3, -0.25) is 9.69 Å². The summed E-state index contributed by atoms with van der Waals surface area (Å²) in [5.41, 5.74) is 2.56.